The van der Waals surface area contributed by atoms with Crippen LogP contribution in [0, 0.1) is 12.8 Å². The molecule has 8 heteroatoms. The molecular weight excluding hydrogens is 444 g/mol. The summed E-state index contributed by atoms with van der Waals surface area (Å²) >= 11 is 0. The SMILES string of the molecule is CO/C(=N\S(=O)C(C)(C)C)[C@H]1CCCN(S(=O)(=O)c2ccc(C)cc2)[C@H]1c1ccccc1. The van der Waals surface area contributed by atoms with E-state index >= 15 is 0 Å². The van der Waals surface area contributed by atoms with Crippen molar-refractivity contribution < 1.29 is 17.4 Å². The van der Waals surface area contributed by atoms with Gasteiger partial charge < -0.3 is 4.74 Å². The van der Waals surface area contributed by atoms with Gasteiger partial charge in [0.1, 0.15) is 11.0 Å². The zero-order valence-corrected chi connectivity index (χ0v) is 20.9. The second kappa shape index (κ2) is 9.85. The highest BCUT2D eigenvalue weighted by Crippen LogP contribution is 2.40. The molecule has 32 heavy (non-hydrogen) atoms. The van der Waals surface area contributed by atoms with Crippen molar-refractivity contribution >= 4 is 26.9 Å². The Labute approximate surface area is 194 Å². The average molecular weight is 477 g/mol. The minimum atomic E-state index is -3.76. The van der Waals surface area contributed by atoms with E-state index in [2.05, 4.69) is 4.40 Å². The van der Waals surface area contributed by atoms with Gasteiger partial charge in [-0.2, -0.15) is 8.70 Å². The van der Waals surface area contributed by atoms with E-state index in [0.717, 1.165) is 11.1 Å². The van der Waals surface area contributed by atoms with Crippen molar-refractivity contribution in [1.29, 1.82) is 0 Å². The number of ether oxygens (including phenoxy) is 1. The maximum Gasteiger partial charge on any atom is 0.243 e. The molecule has 1 unspecified atom stereocenters. The lowest BCUT2D eigenvalue weighted by Gasteiger charge is -2.40. The Balaban J connectivity index is 2.11. The number of nitrogens with zero attached hydrogens (tertiary/aromatic N) is 2. The normalized spacial score (nSPS) is 21.8. The van der Waals surface area contributed by atoms with Crippen LogP contribution in [0.25, 0.3) is 0 Å². The van der Waals surface area contributed by atoms with Crippen molar-refractivity contribution in [2.24, 2.45) is 10.3 Å². The van der Waals surface area contributed by atoms with Crippen molar-refractivity contribution in [3.05, 3.63) is 65.7 Å². The van der Waals surface area contributed by atoms with E-state index in [9.17, 15) is 12.6 Å². The number of piperidine rings is 1. The molecule has 0 saturated carbocycles. The number of hydrogen-bond acceptors (Lipinski definition) is 4. The summed E-state index contributed by atoms with van der Waals surface area (Å²) in [4.78, 5) is 0.263. The van der Waals surface area contributed by atoms with Gasteiger partial charge in [0.15, 0.2) is 0 Å². The van der Waals surface area contributed by atoms with Crippen molar-refractivity contribution in [3.8, 4) is 0 Å². The first-order valence-electron chi connectivity index (χ1n) is 10.7. The van der Waals surface area contributed by atoms with Crippen LogP contribution in [0.1, 0.15) is 50.8 Å². The molecule has 0 aromatic heterocycles. The standard InChI is InChI=1S/C24H32N2O4S2/c1-18-13-15-20(16-14-18)32(28,29)26-17-9-12-21(22(26)19-10-7-6-8-11-19)23(30-5)25-31(27)24(2,3)4/h6-8,10-11,13-16,21-22H,9,12,17H2,1-5H3/b25-23-/t21-,22-,31?/m0/s1. The van der Waals surface area contributed by atoms with Gasteiger partial charge in [-0.25, -0.2) is 12.6 Å². The van der Waals surface area contributed by atoms with E-state index in [1.807, 2.05) is 58.0 Å². The molecule has 0 spiro atoms. The Bertz CT molecular complexity index is 1080. The summed E-state index contributed by atoms with van der Waals surface area (Å²) in [7, 11) is -3.77. The predicted octanol–water partition coefficient (Wildman–Crippen LogP) is 4.64. The summed E-state index contributed by atoms with van der Waals surface area (Å²) in [5.41, 5.74) is 1.86. The van der Waals surface area contributed by atoms with Crippen LogP contribution < -0.4 is 0 Å². The monoisotopic (exact) mass is 476 g/mol. The van der Waals surface area contributed by atoms with Crippen molar-refractivity contribution in [3.63, 3.8) is 0 Å². The molecule has 3 rings (SSSR count). The number of rotatable bonds is 5. The van der Waals surface area contributed by atoms with Gasteiger partial charge in [-0.1, -0.05) is 48.0 Å². The molecule has 0 N–H and O–H groups in total. The topological polar surface area (TPSA) is 76.0 Å². The van der Waals surface area contributed by atoms with Crippen LogP contribution in [0.4, 0.5) is 0 Å². The van der Waals surface area contributed by atoms with Crippen LogP contribution in [0.3, 0.4) is 0 Å². The Kier molecular flexibility index (Phi) is 7.57. The zero-order valence-electron chi connectivity index (χ0n) is 19.3. The summed E-state index contributed by atoms with van der Waals surface area (Å²) in [6.07, 6.45) is 1.34. The summed E-state index contributed by atoms with van der Waals surface area (Å²) in [5, 5.41) is 0. The third kappa shape index (κ3) is 5.30. The summed E-state index contributed by atoms with van der Waals surface area (Å²) in [5.74, 6) is -0.0152. The maximum atomic E-state index is 13.7. The molecule has 1 aliphatic heterocycles. The average Bonchev–Trinajstić information content (AvgIpc) is 2.77. The molecule has 1 heterocycles. The smallest absolute Gasteiger partial charge is 0.243 e. The minimum absolute atomic E-state index is 0.263. The minimum Gasteiger partial charge on any atom is -0.483 e. The Morgan fingerprint density at radius 3 is 2.28 bits per heavy atom. The largest absolute Gasteiger partial charge is 0.483 e. The molecular formula is C24H32N2O4S2. The highest BCUT2D eigenvalue weighted by atomic mass is 32.2. The molecule has 0 bridgehead atoms. The van der Waals surface area contributed by atoms with Crippen LogP contribution in [0.15, 0.2) is 63.9 Å². The van der Waals surface area contributed by atoms with E-state index in [1.54, 1.807) is 28.6 Å². The van der Waals surface area contributed by atoms with Gasteiger partial charge in [0.2, 0.25) is 15.9 Å². The van der Waals surface area contributed by atoms with Gasteiger partial charge >= 0.3 is 0 Å². The fourth-order valence-electron chi connectivity index (χ4n) is 3.86. The van der Waals surface area contributed by atoms with Gasteiger partial charge in [-0.15, -0.1) is 0 Å². The molecule has 1 saturated heterocycles. The van der Waals surface area contributed by atoms with Crippen LogP contribution in [0.2, 0.25) is 0 Å². The first-order chi connectivity index (χ1) is 15.1. The first-order valence-corrected chi connectivity index (χ1v) is 13.3. The van der Waals surface area contributed by atoms with Gasteiger partial charge in [-0.05, 0) is 58.2 Å². The van der Waals surface area contributed by atoms with Crippen molar-refractivity contribution in [2.75, 3.05) is 13.7 Å². The molecule has 6 nitrogen and oxygen atoms in total. The Hall–Kier alpha value is -2.03. The second-order valence-electron chi connectivity index (χ2n) is 9.03. The summed E-state index contributed by atoms with van der Waals surface area (Å²) in [6, 6.07) is 16.0. The third-order valence-corrected chi connectivity index (χ3v) is 8.87. The Morgan fingerprint density at radius 1 is 1.09 bits per heavy atom. The summed E-state index contributed by atoms with van der Waals surface area (Å²) < 4.78 is 51.2. The molecule has 1 aliphatic rings. The molecule has 2 aromatic carbocycles. The van der Waals surface area contributed by atoms with E-state index in [4.69, 9.17) is 4.74 Å². The molecule has 0 amide bonds. The molecule has 0 radical (unpaired) electrons. The molecule has 174 valence electrons. The van der Waals surface area contributed by atoms with Gasteiger partial charge in [0.25, 0.3) is 0 Å². The van der Waals surface area contributed by atoms with Gasteiger partial charge in [0.05, 0.1) is 28.7 Å². The number of hydrogen-bond donors (Lipinski definition) is 0. The van der Waals surface area contributed by atoms with Gasteiger partial charge in [0, 0.05) is 6.54 Å². The van der Waals surface area contributed by atoms with Gasteiger partial charge in [-0.3, -0.25) is 0 Å². The highest BCUT2D eigenvalue weighted by molar-refractivity contribution is 7.89. The highest BCUT2D eigenvalue weighted by Gasteiger charge is 2.43. The van der Waals surface area contributed by atoms with E-state index in [0.29, 0.717) is 25.3 Å². The Morgan fingerprint density at radius 2 is 1.72 bits per heavy atom. The molecule has 0 aliphatic carbocycles. The second-order valence-corrected chi connectivity index (χ2v) is 12.8. The fourth-order valence-corrected chi connectivity index (χ4v) is 6.20. The quantitative estimate of drug-likeness (QED) is 0.465. The van der Waals surface area contributed by atoms with Crippen LogP contribution >= 0.6 is 0 Å². The summed E-state index contributed by atoms with van der Waals surface area (Å²) in [6.45, 7) is 7.87. The number of aryl methyl sites for hydroxylation is 1. The van der Waals surface area contributed by atoms with Crippen molar-refractivity contribution in [1.82, 2.24) is 4.31 Å². The zero-order chi connectivity index (χ0) is 23.5. The lowest BCUT2D eigenvalue weighted by molar-refractivity contribution is 0.196. The van der Waals surface area contributed by atoms with Crippen LogP contribution in [-0.2, 0) is 25.7 Å². The number of sulfonamides is 1. The molecule has 1 fully saturated rings. The predicted molar refractivity (Wildman–Crippen MR) is 129 cm³/mol. The number of methoxy groups -OCH3 is 1. The maximum absolute atomic E-state index is 13.7. The van der Waals surface area contributed by atoms with E-state index < -0.39 is 31.8 Å². The van der Waals surface area contributed by atoms with E-state index in [-0.39, 0.29) is 10.8 Å². The number of benzene rings is 2. The molecule has 2 aromatic rings. The molecule has 3 atom stereocenters. The lowest BCUT2D eigenvalue weighted by Crippen LogP contribution is -2.45. The van der Waals surface area contributed by atoms with E-state index in [1.165, 1.54) is 7.11 Å². The fraction of sp³-hybridized carbons (Fsp3) is 0.458. The van der Waals surface area contributed by atoms with Crippen LogP contribution in [-0.4, -0.2) is 41.2 Å². The van der Waals surface area contributed by atoms with Crippen LogP contribution in [0.5, 0.6) is 0 Å². The lowest BCUT2D eigenvalue weighted by atomic mass is 9.86. The van der Waals surface area contributed by atoms with Crippen molar-refractivity contribution in [2.45, 2.75) is 56.2 Å². The third-order valence-electron chi connectivity index (χ3n) is 5.58. The first kappa shape index (κ1) is 24.6.